The normalized spacial score (nSPS) is 22.3. The zero-order chi connectivity index (χ0) is 13.9. The third-order valence-electron chi connectivity index (χ3n) is 4.85. The molecule has 0 unspecified atom stereocenters. The Bertz CT molecular complexity index is 392. The van der Waals surface area contributed by atoms with Gasteiger partial charge in [0.2, 0.25) is 0 Å². The molecule has 3 heteroatoms. The molecule has 0 saturated carbocycles. The third-order valence-corrected chi connectivity index (χ3v) is 4.85. The summed E-state index contributed by atoms with van der Waals surface area (Å²) in [6, 6.07) is 9.15. The van der Waals surface area contributed by atoms with Crippen LogP contribution in [-0.2, 0) is 0 Å². The van der Waals surface area contributed by atoms with Crippen molar-refractivity contribution in [3.63, 3.8) is 0 Å². The Labute approximate surface area is 123 Å². The van der Waals surface area contributed by atoms with Gasteiger partial charge in [-0.15, -0.1) is 0 Å². The smallest absolute Gasteiger partial charge is 0.0387 e. The third kappa shape index (κ3) is 3.09. The van der Waals surface area contributed by atoms with Gasteiger partial charge in [0.05, 0.1) is 0 Å². The average molecular weight is 273 g/mol. The molecule has 0 radical (unpaired) electrons. The van der Waals surface area contributed by atoms with Gasteiger partial charge in [0, 0.05) is 50.6 Å². The van der Waals surface area contributed by atoms with Crippen molar-refractivity contribution in [1.29, 1.82) is 0 Å². The fraction of sp³-hybridized carbons (Fsp3) is 0.647. The van der Waals surface area contributed by atoms with Crippen molar-refractivity contribution in [2.75, 3.05) is 56.1 Å². The van der Waals surface area contributed by atoms with Crippen LogP contribution in [0.3, 0.4) is 0 Å². The lowest BCUT2D eigenvalue weighted by atomic mass is 9.99. The molecule has 0 amide bonds. The summed E-state index contributed by atoms with van der Waals surface area (Å²) < 4.78 is 0. The van der Waals surface area contributed by atoms with Gasteiger partial charge in [0.15, 0.2) is 0 Å². The molecule has 1 aromatic rings. The van der Waals surface area contributed by atoms with E-state index in [2.05, 4.69) is 52.9 Å². The first-order valence-electron chi connectivity index (χ1n) is 8.01. The highest BCUT2D eigenvalue weighted by Gasteiger charge is 2.18. The minimum Gasteiger partial charge on any atom is -0.371 e. The molecule has 0 aliphatic carbocycles. The van der Waals surface area contributed by atoms with Crippen LogP contribution in [-0.4, -0.2) is 51.2 Å². The standard InChI is InChI=1S/C17H27N3/c1-15-6-8-19(9-7-15)16-4-3-5-17(14-16)20-12-10-18(2)11-13-20/h3-5,14-15H,6-13H2,1-2H3. The Balaban J connectivity index is 1.69. The number of hydrogen-bond acceptors (Lipinski definition) is 3. The lowest BCUT2D eigenvalue weighted by molar-refractivity contribution is 0.313. The van der Waals surface area contributed by atoms with Crippen molar-refractivity contribution in [2.24, 2.45) is 5.92 Å². The molecule has 0 aromatic heterocycles. The minimum absolute atomic E-state index is 0.895. The van der Waals surface area contributed by atoms with Crippen molar-refractivity contribution < 1.29 is 0 Å². The van der Waals surface area contributed by atoms with E-state index < -0.39 is 0 Å². The fourth-order valence-electron chi connectivity index (χ4n) is 3.22. The molecular weight excluding hydrogens is 246 g/mol. The lowest BCUT2D eigenvalue weighted by Crippen LogP contribution is -2.44. The molecule has 0 bridgehead atoms. The summed E-state index contributed by atoms with van der Waals surface area (Å²) in [5.74, 6) is 0.895. The molecule has 0 N–H and O–H groups in total. The van der Waals surface area contributed by atoms with Crippen molar-refractivity contribution >= 4 is 11.4 Å². The van der Waals surface area contributed by atoms with E-state index in [0.717, 1.165) is 19.0 Å². The highest BCUT2D eigenvalue weighted by Crippen LogP contribution is 2.27. The van der Waals surface area contributed by atoms with Crippen LogP contribution in [0, 0.1) is 5.92 Å². The van der Waals surface area contributed by atoms with Gasteiger partial charge in [0.1, 0.15) is 0 Å². The van der Waals surface area contributed by atoms with E-state index in [1.807, 2.05) is 0 Å². The maximum absolute atomic E-state index is 2.56. The summed E-state index contributed by atoms with van der Waals surface area (Å²) in [6.45, 7) is 9.45. The zero-order valence-electron chi connectivity index (χ0n) is 12.9. The van der Waals surface area contributed by atoms with Gasteiger partial charge in [0.25, 0.3) is 0 Å². The van der Waals surface area contributed by atoms with E-state index >= 15 is 0 Å². The second-order valence-electron chi connectivity index (χ2n) is 6.48. The highest BCUT2D eigenvalue weighted by atomic mass is 15.2. The largest absolute Gasteiger partial charge is 0.371 e. The van der Waals surface area contributed by atoms with Crippen LogP contribution in [0.25, 0.3) is 0 Å². The summed E-state index contributed by atoms with van der Waals surface area (Å²) in [7, 11) is 2.21. The number of piperidine rings is 1. The first kappa shape index (κ1) is 13.7. The topological polar surface area (TPSA) is 9.72 Å². The van der Waals surface area contributed by atoms with Gasteiger partial charge in [-0.3, -0.25) is 0 Å². The number of hydrogen-bond donors (Lipinski definition) is 0. The Morgan fingerprint density at radius 1 is 0.850 bits per heavy atom. The Morgan fingerprint density at radius 3 is 2.00 bits per heavy atom. The van der Waals surface area contributed by atoms with Crippen molar-refractivity contribution in [3.05, 3.63) is 24.3 Å². The van der Waals surface area contributed by atoms with E-state index in [4.69, 9.17) is 0 Å². The van der Waals surface area contributed by atoms with Gasteiger partial charge in [-0.05, 0) is 44.0 Å². The summed E-state index contributed by atoms with van der Waals surface area (Å²) >= 11 is 0. The Morgan fingerprint density at radius 2 is 1.40 bits per heavy atom. The Kier molecular flexibility index (Phi) is 4.16. The van der Waals surface area contributed by atoms with E-state index in [-0.39, 0.29) is 0 Å². The SMILES string of the molecule is CC1CCN(c2cccc(N3CCN(C)CC3)c2)CC1. The maximum Gasteiger partial charge on any atom is 0.0387 e. The molecular formula is C17H27N3. The first-order chi connectivity index (χ1) is 9.72. The number of likely N-dealkylation sites (N-methyl/N-ethyl adjacent to an activating group) is 1. The van der Waals surface area contributed by atoms with Crippen LogP contribution < -0.4 is 9.80 Å². The summed E-state index contributed by atoms with van der Waals surface area (Å²) in [5, 5.41) is 0. The quantitative estimate of drug-likeness (QED) is 0.820. The summed E-state index contributed by atoms with van der Waals surface area (Å²) in [6.07, 6.45) is 2.66. The molecule has 2 aliphatic rings. The van der Waals surface area contributed by atoms with Gasteiger partial charge >= 0.3 is 0 Å². The molecule has 0 atom stereocenters. The summed E-state index contributed by atoms with van der Waals surface area (Å²) in [5.41, 5.74) is 2.81. The predicted molar refractivity (Wildman–Crippen MR) is 86.8 cm³/mol. The molecule has 2 saturated heterocycles. The van der Waals surface area contributed by atoms with Crippen LogP contribution in [0.1, 0.15) is 19.8 Å². The van der Waals surface area contributed by atoms with E-state index in [0.29, 0.717) is 0 Å². The molecule has 20 heavy (non-hydrogen) atoms. The Hall–Kier alpha value is -1.22. The molecule has 2 fully saturated rings. The van der Waals surface area contributed by atoms with E-state index in [9.17, 15) is 0 Å². The van der Waals surface area contributed by atoms with Gasteiger partial charge in [-0.2, -0.15) is 0 Å². The number of benzene rings is 1. The van der Waals surface area contributed by atoms with Gasteiger partial charge in [-0.25, -0.2) is 0 Å². The first-order valence-corrected chi connectivity index (χ1v) is 8.01. The number of anilines is 2. The van der Waals surface area contributed by atoms with Crippen molar-refractivity contribution in [1.82, 2.24) is 4.90 Å². The number of nitrogens with zero attached hydrogens (tertiary/aromatic N) is 3. The molecule has 110 valence electrons. The molecule has 3 rings (SSSR count). The van der Waals surface area contributed by atoms with E-state index in [1.165, 1.54) is 50.4 Å². The van der Waals surface area contributed by atoms with Crippen LogP contribution >= 0.6 is 0 Å². The molecule has 1 aromatic carbocycles. The van der Waals surface area contributed by atoms with Crippen LogP contribution in [0.5, 0.6) is 0 Å². The summed E-state index contributed by atoms with van der Waals surface area (Å²) in [4.78, 5) is 7.49. The van der Waals surface area contributed by atoms with Crippen molar-refractivity contribution in [3.8, 4) is 0 Å². The highest BCUT2D eigenvalue weighted by molar-refractivity contribution is 5.59. The van der Waals surface area contributed by atoms with Gasteiger partial charge in [-0.1, -0.05) is 13.0 Å². The predicted octanol–water partition coefficient (Wildman–Crippen LogP) is 2.67. The molecule has 2 aliphatic heterocycles. The van der Waals surface area contributed by atoms with E-state index in [1.54, 1.807) is 0 Å². The van der Waals surface area contributed by atoms with Crippen molar-refractivity contribution in [2.45, 2.75) is 19.8 Å². The monoisotopic (exact) mass is 273 g/mol. The second-order valence-corrected chi connectivity index (χ2v) is 6.48. The van der Waals surface area contributed by atoms with Gasteiger partial charge < -0.3 is 14.7 Å². The molecule has 0 spiro atoms. The molecule has 2 heterocycles. The average Bonchev–Trinajstić information content (AvgIpc) is 2.49. The zero-order valence-corrected chi connectivity index (χ0v) is 12.9. The lowest BCUT2D eigenvalue weighted by Gasteiger charge is -2.36. The molecule has 3 nitrogen and oxygen atoms in total. The second kappa shape index (κ2) is 6.04. The van der Waals surface area contributed by atoms with Crippen LogP contribution in [0.4, 0.5) is 11.4 Å². The number of piperazine rings is 1. The number of rotatable bonds is 2. The van der Waals surface area contributed by atoms with Crippen LogP contribution in [0.15, 0.2) is 24.3 Å². The minimum atomic E-state index is 0.895. The van der Waals surface area contributed by atoms with Crippen LogP contribution in [0.2, 0.25) is 0 Å². The maximum atomic E-state index is 2.56. The fourth-order valence-corrected chi connectivity index (χ4v) is 3.22.